The van der Waals surface area contributed by atoms with E-state index >= 15 is 0 Å². The SMILES string of the molecule is C[C@@H](NC(=O)Oc1c[nH]c2ncc(-c3nn(CCCO)c4cc(Cl)ccc34)nc12)C(=O)N1CC(C#N)C1. The lowest BCUT2D eigenvalue weighted by Crippen LogP contribution is -2.56. The minimum atomic E-state index is -0.820. The summed E-state index contributed by atoms with van der Waals surface area (Å²) < 4.78 is 7.20. The molecule has 4 aromatic rings. The molecule has 3 N–H and O–H groups in total. The van der Waals surface area contributed by atoms with Gasteiger partial charge in [0.25, 0.3) is 0 Å². The number of nitrogens with one attached hydrogen (secondary N) is 2. The number of aliphatic hydroxyl groups is 1. The highest BCUT2D eigenvalue weighted by atomic mass is 35.5. The summed E-state index contributed by atoms with van der Waals surface area (Å²) >= 11 is 6.20. The summed E-state index contributed by atoms with van der Waals surface area (Å²) in [4.78, 5) is 38.4. The van der Waals surface area contributed by atoms with Crippen molar-refractivity contribution in [1.29, 1.82) is 5.26 Å². The third-order valence-electron chi connectivity index (χ3n) is 6.11. The van der Waals surface area contributed by atoms with Crippen LogP contribution in [-0.2, 0) is 11.3 Å². The molecule has 1 atom stereocenters. The van der Waals surface area contributed by atoms with Crippen LogP contribution in [0.25, 0.3) is 33.5 Å². The predicted molar refractivity (Wildman–Crippen MR) is 134 cm³/mol. The Balaban J connectivity index is 1.37. The van der Waals surface area contributed by atoms with E-state index in [1.807, 2.05) is 6.07 Å². The van der Waals surface area contributed by atoms with Crippen LogP contribution in [0.4, 0.5) is 4.79 Å². The Morgan fingerprint density at radius 3 is 2.97 bits per heavy atom. The third kappa shape index (κ3) is 4.78. The van der Waals surface area contributed by atoms with Gasteiger partial charge in [-0.2, -0.15) is 10.4 Å². The van der Waals surface area contributed by atoms with Gasteiger partial charge in [-0.1, -0.05) is 11.6 Å². The first-order valence-electron chi connectivity index (χ1n) is 11.7. The van der Waals surface area contributed by atoms with E-state index in [0.29, 0.717) is 53.6 Å². The molecule has 2 amide bonds. The third-order valence-corrected chi connectivity index (χ3v) is 6.35. The number of H-pyrrole nitrogens is 1. The molecule has 4 heterocycles. The monoisotopic (exact) mass is 522 g/mol. The number of rotatable bonds is 7. The van der Waals surface area contributed by atoms with Crippen LogP contribution >= 0.6 is 11.6 Å². The molecule has 1 aliphatic rings. The number of amides is 2. The van der Waals surface area contributed by atoms with Gasteiger partial charge in [-0.3, -0.25) is 9.48 Å². The number of fused-ring (bicyclic) bond motifs is 2. The molecule has 5 rings (SSSR count). The van der Waals surface area contributed by atoms with Gasteiger partial charge in [0, 0.05) is 42.8 Å². The van der Waals surface area contributed by atoms with Gasteiger partial charge < -0.3 is 25.0 Å². The molecule has 37 heavy (non-hydrogen) atoms. The van der Waals surface area contributed by atoms with Crippen LogP contribution in [0.2, 0.25) is 5.02 Å². The number of hydrogen-bond acceptors (Lipinski definition) is 8. The summed E-state index contributed by atoms with van der Waals surface area (Å²) in [6.45, 7) is 2.79. The number of benzene rings is 1. The van der Waals surface area contributed by atoms with Crippen molar-refractivity contribution in [3.05, 3.63) is 35.6 Å². The molecule has 190 valence electrons. The Morgan fingerprint density at radius 1 is 1.41 bits per heavy atom. The lowest BCUT2D eigenvalue weighted by molar-refractivity contribution is -0.137. The summed E-state index contributed by atoms with van der Waals surface area (Å²) in [7, 11) is 0. The fraction of sp³-hybridized carbons (Fsp3) is 0.333. The van der Waals surface area contributed by atoms with Crippen LogP contribution in [0.15, 0.2) is 30.6 Å². The molecule has 13 heteroatoms. The maximum absolute atomic E-state index is 12.5. The highest BCUT2D eigenvalue weighted by Gasteiger charge is 2.33. The van der Waals surface area contributed by atoms with Crippen molar-refractivity contribution in [3.8, 4) is 23.2 Å². The maximum Gasteiger partial charge on any atom is 0.413 e. The Morgan fingerprint density at radius 2 is 2.22 bits per heavy atom. The van der Waals surface area contributed by atoms with Gasteiger partial charge in [0.2, 0.25) is 5.91 Å². The average molecular weight is 523 g/mol. The molecule has 0 saturated carbocycles. The number of ether oxygens (including phenoxy) is 1. The Hall–Kier alpha value is -4.21. The normalized spacial score (nSPS) is 14.4. The van der Waals surface area contributed by atoms with Crippen LogP contribution in [0.3, 0.4) is 0 Å². The maximum atomic E-state index is 12.5. The molecule has 1 saturated heterocycles. The van der Waals surface area contributed by atoms with Crippen molar-refractivity contribution in [3.63, 3.8) is 0 Å². The van der Waals surface area contributed by atoms with Crippen LogP contribution in [0.1, 0.15) is 13.3 Å². The Bertz CT molecular complexity index is 1540. The number of halogens is 1. The van der Waals surface area contributed by atoms with Crippen LogP contribution in [0, 0.1) is 17.2 Å². The molecule has 0 bridgehead atoms. The quantitative estimate of drug-likeness (QED) is 0.333. The number of likely N-dealkylation sites (tertiary alicyclic amines) is 1. The van der Waals surface area contributed by atoms with Crippen molar-refractivity contribution >= 4 is 45.7 Å². The second kappa shape index (κ2) is 10.0. The molecule has 0 spiro atoms. The molecular formula is C24H23ClN8O4. The molecule has 12 nitrogen and oxygen atoms in total. The fourth-order valence-corrected chi connectivity index (χ4v) is 4.34. The zero-order valence-corrected chi connectivity index (χ0v) is 20.6. The van der Waals surface area contributed by atoms with Gasteiger partial charge in [0.1, 0.15) is 17.4 Å². The molecule has 0 unspecified atom stereocenters. The molecule has 0 radical (unpaired) electrons. The minimum Gasteiger partial charge on any atom is -0.406 e. The molecule has 1 aliphatic heterocycles. The first kappa shape index (κ1) is 24.5. The number of hydrogen-bond donors (Lipinski definition) is 3. The average Bonchev–Trinajstić information content (AvgIpc) is 3.42. The van der Waals surface area contributed by atoms with Crippen molar-refractivity contribution in [2.75, 3.05) is 19.7 Å². The molecular weight excluding hydrogens is 500 g/mol. The van der Waals surface area contributed by atoms with E-state index in [0.717, 1.165) is 10.9 Å². The summed E-state index contributed by atoms with van der Waals surface area (Å²) in [5.74, 6) is -0.312. The second-order valence-corrected chi connectivity index (χ2v) is 9.18. The summed E-state index contributed by atoms with van der Waals surface area (Å²) in [5.41, 5.74) is 2.55. The molecule has 3 aromatic heterocycles. The summed E-state index contributed by atoms with van der Waals surface area (Å²) in [6.07, 6.45) is 2.73. The summed E-state index contributed by atoms with van der Waals surface area (Å²) in [6, 6.07) is 6.69. The van der Waals surface area contributed by atoms with Crippen molar-refractivity contribution < 1.29 is 19.4 Å². The number of nitrogens with zero attached hydrogens (tertiary/aromatic N) is 6. The standard InChI is InChI=1S/C24H23ClN8O4/c1-13(23(35)32-11-14(8-26)12-32)29-24(36)37-19-10-28-22-21(19)30-17(9-27-22)20-16-4-3-15(25)7-18(16)33(31-20)5-2-6-34/h3-4,7,9-10,13-14,34H,2,5-6,11-12H2,1H3,(H,27,28)(H,29,36)/t13-/m1/s1. The largest absolute Gasteiger partial charge is 0.413 e. The van der Waals surface area contributed by atoms with E-state index in [4.69, 9.17) is 21.6 Å². The van der Waals surface area contributed by atoms with Gasteiger partial charge in [-0.05, 0) is 31.5 Å². The number of aromatic amines is 1. The van der Waals surface area contributed by atoms with E-state index in [-0.39, 0.29) is 24.2 Å². The predicted octanol–water partition coefficient (Wildman–Crippen LogP) is 2.47. The van der Waals surface area contributed by atoms with E-state index in [1.54, 1.807) is 29.9 Å². The number of aliphatic hydroxyl groups excluding tert-OH is 1. The zero-order chi connectivity index (χ0) is 26.1. The number of aromatic nitrogens is 5. The first-order chi connectivity index (χ1) is 17.9. The molecule has 1 aromatic carbocycles. The van der Waals surface area contributed by atoms with E-state index in [2.05, 4.69) is 31.4 Å². The van der Waals surface area contributed by atoms with Crippen molar-refractivity contribution in [2.45, 2.75) is 25.9 Å². The van der Waals surface area contributed by atoms with Gasteiger partial charge in [-0.15, -0.1) is 0 Å². The van der Waals surface area contributed by atoms with Gasteiger partial charge in [-0.25, -0.2) is 14.8 Å². The number of aryl methyl sites for hydroxylation is 1. The van der Waals surface area contributed by atoms with Crippen LogP contribution < -0.4 is 10.1 Å². The van der Waals surface area contributed by atoms with Gasteiger partial charge >= 0.3 is 6.09 Å². The summed E-state index contributed by atoms with van der Waals surface area (Å²) in [5, 5.41) is 26.7. The van der Waals surface area contributed by atoms with Crippen LogP contribution in [-0.4, -0.2) is 72.5 Å². The topological polar surface area (TPSA) is 162 Å². The highest BCUT2D eigenvalue weighted by Crippen LogP contribution is 2.31. The smallest absolute Gasteiger partial charge is 0.406 e. The van der Waals surface area contributed by atoms with Crippen molar-refractivity contribution in [1.82, 2.24) is 34.9 Å². The minimum absolute atomic E-state index is 0.0256. The van der Waals surface area contributed by atoms with E-state index < -0.39 is 12.1 Å². The molecule has 1 fully saturated rings. The number of carbonyl (C=O) groups excluding carboxylic acids is 2. The lowest BCUT2D eigenvalue weighted by atomic mass is 10.0. The number of nitriles is 1. The highest BCUT2D eigenvalue weighted by molar-refractivity contribution is 6.31. The number of carbonyl (C=O) groups is 2. The van der Waals surface area contributed by atoms with E-state index in [1.165, 1.54) is 11.1 Å². The van der Waals surface area contributed by atoms with Gasteiger partial charge in [0.05, 0.1) is 23.7 Å². The molecule has 0 aliphatic carbocycles. The zero-order valence-electron chi connectivity index (χ0n) is 19.8. The Labute approximate surface area is 215 Å². The van der Waals surface area contributed by atoms with Crippen LogP contribution in [0.5, 0.6) is 5.75 Å². The Kier molecular flexibility index (Phi) is 6.64. The van der Waals surface area contributed by atoms with Crippen molar-refractivity contribution in [2.24, 2.45) is 5.92 Å². The van der Waals surface area contributed by atoms with Gasteiger partial charge in [0.15, 0.2) is 16.9 Å². The van der Waals surface area contributed by atoms with E-state index in [9.17, 15) is 14.7 Å². The first-order valence-corrected chi connectivity index (χ1v) is 12.0. The lowest BCUT2D eigenvalue weighted by Gasteiger charge is -2.36. The second-order valence-electron chi connectivity index (χ2n) is 8.74. The fourth-order valence-electron chi connectivity index (χ4n) is 4.17.